The highest BCUT2D eigenvalue weighted by atomic mass is 16.5. The molecule has 1 saturated heterocycles. The topological polar surface area (TPSA) is 87.7 Å². The van der Waals surface area contributed by atoms with Gasteiger partial charge in [-0.1, -0.05) is 20.3 Å². The molecule has 1 rings (SSSR count). The quantitative estimate of drug-likeness (QED) is 0.681. The minimum atomic E-state index is -1.01. The number of carbonyl (C=O) groups is 2. The van der Waals surface area contributed by atoms with Crippen LogP contribution in [0.15, 0.2) is 0 Å². The molecule has 6 heteroatoms. The monoisotopic (exact) mass is 272 g/mol. The molecule has 0 bridgehead atoms. The Morgan fingerprint density at radius 1 is 1.47 bits per heavy atom. The Labute approximate surface area is 113 Å². The Kier molecular flexibility index (Phi) is 5.60. The number of nitrogens with one attached hydrogen (secondary N) is 2. The summed E-state index contributed by atoms with van der Waals surface area (Å²) >= 11 is 0. The molecule has 3 unspecified atom stereocenters. The molecule has 0 aromatic rings. The van der Waals surface area contributed by atoms with Crippen LogP contribution in [0.1, 0.15) is 40.0 Å². The van der Waals surface area contributed by atoms with E-state index >= 15 is 0 Å². The maximum absolute atomic E-state index is 11.7. The fourth-order valence-electron chi connectivity index (χ4n) is 2.12. The van der Waals surface area contributed by atoms with Gasteiger partial charge >= 0.3 is 12.0 Å². The second-order valence-corrected chi connectivity index (χ2v) is 5.43. The van der Waals surface area contributed by atoms with Crippen molar-refractivity contribution < 1.29 is 19.4 Å². The Morgan fingerprint density at radius 3 is 2.63 bits per heavy atom. The maximum Gasteiger partial charge on any atom is 0.326 e. The third-order valence-corrected chi connectivity index (χ3v) is 3.69. The number of rotatable bonds is 6. The van der Waals surface area contributed by atoms with E-state index in [1.54, 1.807) is 6.92 Å². The molecule has 6 nitrogen and oxygen atoms in total. The number of carboxylic acids is 1. The summed E-state index contributed by atoms with van der Waals surface area (Å²) in [7, 11) is 0. The third-order valence-electron chi connectivity index (χ3n) is 3.69. The molecule has 0 aliphatic carbocycles. The number of hydrogen-bond acceptors (Lipinski definition) is 3. The molecule has 19 heavy (non-hydrogen) atoms. The number of urea groups is 1. The van der Waals surface area contributed by atoms with E-state index in [0.29, 0.717) is 19.6 Å². The summed E-state index contributed by atoms with van der Waals surface area (Å²) in [6.07, 6.45) is 2.59. The Bertz CT molecular complexity index is 327. The van der Waals surface area contributed by atoms with Gasteiger partial charge in [0.05, 0.1) is 5.60 Å². The predicted octanol–water partition coefficient (Wildman–Crippen LogP) is 1.35. The van der Waals surface area contributed by atoms with Gasteiger partial charge in [-0.2, -0.15) is 0 Å². The number of amides is 2. The molecule has 0 aromatic carbocycles. The fraction of sp³-hybridized carbons (Fsp3) is 0.846. The van der Waals surface area contributed by atoms with Gasteiger partial charge in [-0.15, -0.1) is 0 Å². The van der Waals surface area contributed by atoms with Crippen LogP contribution in [0, 0.1) is 5.92 Å². The average Bonchev–Trinajstić information content (AvgIpc) is 2.80. The SMILES string of the molecule is CCC(C)C(NC(=O)NCC1(C)CCCO1)C(=O)O. The largest absolute Gasteiger partial charge is 0.480 e. The van der Waals surface area contributed by atoms with Crippen molar-refractivity contribution in [2.75, 3.05) is 13.2 Å². The van der Waals surface area contributed by atoms with Gasteiger partial charge in [-0.3, -0.25) is 0 Å². The lowest BCUT2D eigenvalue weighted by Gasteiger charge is -2.25. The van der Waals surface area contributed by atoms with Crippen LogP contribution in [0.4, 0.5) is 4.79 Å². The fourth-order valence-corrected chi connectivity index (χ4v) is 2.12. The first-order valence-corrected chi connectivity index (χ1v) is 6.79. The zero-order valence-corrected chi connectivity index (χ0v) is 11.9. The summed E-state index contributed by atoms with van der Waals surface area (Å²) in [4.78, 5) is 22.8. The first kappa shape index (κ1) is 15.8. The van der Waals surface area contributed by atoms with Crippen LogP contribution in [0.25, 0.3) is 0 Å². The van der Waals surface area contributed by atoms with Gasteiger partial charge in [0.1, 0.15) is 6.04 Å². The molecule has 110 valence electrons. The van der Waals surface area contributed by atoms with Crippen LogP contribution in [-0.4, -0.2) is 41.9 Å². The van der Waals surface area contributed by atoms with Gasteiger partial charge in [0.2, 0.25) is 0 Å². The average molecular weight is 272 g/mol. The van der Waals surface area contributed by atoms with E-state index in [4.69, 9.17) is 9.84 Å². The molecule has 1 fully saturated rings. The van der Waals surface area contributed by atoms with E-state index in [-0.39, 0.29) is 11.5 Å². The second-order valence-electron chi connectivity index (χ2n) is 5.43. The lowest BCUT2D eigenvalue weighted by molar-refractivity contribution is -0.140. The number of aliphatic carboxylic acids is 1. The Hall–Kier alpha value is -1.30. The summed E-state index contributed by atoms with van der Waals surface area (Å²) in [6.45, 7) is 6.76. The zero-order chi connectivity index (χ0) is 14.5. The summed E-state index contributed by atoms with van der Waals surface area (Å²) in [5, 5.41) is 14.3. The number of carboxylic acid groups (broad SMARTS) is 1. The molecule has 1 heterocycles. The van der Waals surface area contributed by atoms with Crippen LogP contribution in [0.2, 0.25) is 0 Å². The van der Waals surface area contributed by atoms with Gasteiger partial charge in [0.25, 0.3) is 0 Å². The lowest BCUT2D eigenvalue weighted by Crippen LogP contribution is -2.51. The molecule has 0 spiro atoms. The molecule has 0 radical (unpaired) electrons. The Balaban J connectivity index is 2.42. The molecule has 1 aliphatic heterocycles. The van der Waals surface area contributed by atoms with Crippen molar-refractivity contribution in [3.05, 3.63) is 0 Å². The summed E-state index contributed by atoms with van der Waals surface area (Å²) in [5.74, 6) is -1.12. The summed E-state index contributed by atoms with van der Waals surface area (Å²) < 4.78 is 5.55. The molecule has 3 N–H and O–H groups in total. The normalized spacial score (nSPS) is 25.6. The second kappa shape index (κ2) is 6.75. The third kappa shape index (κ3) is 4.70. The number of ether oxygens (including phenoxy) is 1. The van der Waals surface area contributed by atoms with Crippen molar-refractivity contribution in [2.45, 2.75) is 51.7 Å². The molecule has 3 atom stereocenters. The minimum absolute atomic E-state index is 0.110. The van der Waals surface area contributed by atoms with Crippen molar-refractivity contribution >= 4 is 12.0 Å². The molecular formula is C13H24N2O4. The van der Waals surface area contributed by atoms with E-state index < -0.39 is 18.0 Å². The van der Waals surface area contributed by atoms with Gasteiger partial charge < -0.3 is 20.5 Å². The van der Waals surface area contributed by atoms with E-state index in [9.17, 15) is 9.59 Å². The molecule has 0 saturated carbocycles. The molecule has 0 aromatic heterocycles. The highest BCUT2D eigenvalue weighted by Gasteiger charge is 2.31. The number of hydrogen-bond donors (Lipinski definition) is 3. The summed E-state index contributed by atoms with van der Waals surface area (Å²) in [5.41, 5.74) is -0.327. The Morgan fingerprint density at radius 2 is 2.16 bits per heavy atom. The van der Waals surface area contributed by atoms with Crippen LogP contribution < -0.4 is 10.6 Å². The maximum atomic E-state index is 11.7. The summed E-state index contributed by atoms with van der Waals surface area (Å²) in [6, 6.07) is -1.31. The molecule has 1 aliphatic rings. The van der Waals surface area contributed by atoms with Crippen LogP contribution >= 0.6 is 0 Å². The van der Waals surface area contributed by atoms with E-state index in [0.717, 1.165) is 12.8 Å². The van der Waals surface area contributed by atoms with Crippen molar-refractivity contribution in [3.8, 4) is 0 Å². The van der Waals surface area contributed by atoms with Gasteiger partial charge in [0, 0.05) is 13.2 Å². The minimum Gasteiger partial charge on any atom is -0.480 e. The standard InChI is InChI=1S/C13H24N2O4/c1-4-9(2)10(11(16)17)15-12(18)14-8-13(3)6-5-7-19-13/h9-10H,4-8H2,1-3H3,(H,16,17)(H2,14,15,18). The van der Waals surface area contributed by atoms with E-state index in [1.165, 1.54) is 0 Å². The van der Waals surface area contributed by atoms with Gasteiger partial charge in [-0.05, 0) is 25.7 Å². The first-order valence-electron chi connectivity index (χ1n) is 6.79. The van der Waals surface area contributed by atoms with Crippen molar-refractivity contribution in [2.24, 2.45) is 5.92 Å². The molecular weight excluding hydrogens is 248 g/mol. The highest BCUT2D eigenvalue weighted by Crippen LogP contribution is 2.23. The van der Waals surface area contributed by atoms with Crippen molar-refractivity contribution in [1.29, 1.82) is 0 Å². The van der Waals surface area contributed by atoms with Crippen LogP contribution in [0.5, 0.6) is 0 Å². The van der Waals surface area contributed by atoms with E-state index in [1.807, 2.05) is 13.8 Å². The van der Waals surface area contributed by atoms with Crippen molar-refractivity contribution in [3.63, 3.8) is 0 Å². The van der Waals surface area contributed by atoms with Crippen LogP contribution in [0.3, 0.4) is 0 Å². The first-order chi connectivity index (χ1) is 8.88. The predicted molar refractivity (Wildman–Crippen MR) is 71.0 cm³/mol. The highest BCUT2D eigenvalue weighted by molar-refractivity contribution is 5.82. The molecule has 2 amide bonds. The lowest BCUT2D eigenvalue weighted by atomic mass is 9.99. The zero-order valence-electron chi connectivity index (χ0n) is 11.9. The van der Waals surface area contributed by atoms with E-state index in [2.05, 4.69) is 10.6 Å². The van der Waals surface area contributed by atoms with Gasteiger partial charge in [-0.25, -0.2) is 9.59 Å². The number of carbonyl (C=O) groups excluding carboxylic acids is 1. The van der Waals surface area contributed by atoms with Gasteiger partial charge in [0.15, 0.2) is 0 Å². The van der Waals surface area contributed by atoms with Crippen molar-refractivity contribution in [1.82, 2.24) is 10.6 Å². The smallest absolute Gasteiger partial charge is 0.326 e. The van der Waals surface area contributed by atoms with Crippen LogP contribution in [-0.2, 0) is 9.53 Å².